The number of benzene rings is 3. The Morgan fingerprint density at radius 1 is 1.03 bits per heavy atom. The van der Waals surface area contributed by atoms with Gasteiger partial charge in [-0.2, -0.15) is 0 Å². The lowest BCUT2D eigenvalue weighted by Gasteiger charge is -2.17. The number of sulfonamides is 1. The van der Waals surface area contributed by atoms with Crippen LogP contribution in [0, 0.1) is 5.82 Å². The van der Waals surface area contributed by atoms with Crippen LogP contribution >= 0.6 is 0 Å². The molecule has 1 heterocycles. The molecule has 4 nitrogen and oxygen atoms in total. The van der Waals surface area contributed by atoms with E-state index in [1.165, 1.54) is 17.7 Å². The Bertz CT molecular complexity index is 1160. The van der Waals surface area contributed by atoms with Crippen LogP contribution in [-0.2, 0) is 16.6 Å². The number of hydrogen-bond acceptors (Lipinski definition) is 3. The van der Waals surface area contributed by atoms with E-state index in [0.29, 0.717) is 5.92 Å². The molecule has 1 aliphatic heterocycles. The van der Waals surface area contributed by atoms with Crippen LogP contribution in [0.5, 0.6) is 0 Å². The summed E-state index contributed by atoms with van der Waals surface area (Å²) in [6.45, 7) is 6.80. The summed E-state index contributed by atoms with van der Waals surface area (Å²) in [5.74, 6) is -0.00209. The molecular formula is C26H29FN2O2S. The van der Waals surface area contributed by atoms with Crippen molar-refractivity contribution in [3.05, 3.63) is 95.3 Å². The first-order chi connectivity index (χ1) is 15.3. The summed E-state index contributed by atoms with van der Waals surface area (Å²) >= 11 is 0. The van der Waals surface area contributed by atoms with Crippen LogP contribution in [0.4, 0.5) is 10.1 Å². The summed E-state index contributed by atoms with van der Waals surface area (Å²) in [6, 6.07) is 21.9. The maximum Gasteiger partial charge on any atom is 0.261 e. The molecule has 1 unspecified atom stereocenters. The van der Waals surface area contributed by atoms with Crippen molar-refractivity contribution in [2.24, 2.45) is 0 Å². The molecule has 168 valence electrons. The SMILES string of the molecule is CC(C)c1ccc(S(=O)(=O)Nc2ccc(C3CCN(Cc4ccccc4)C3)cc2F)cc1. The molecule has 1 N–H and O–H groups in total. The summed E-state index contributed by atoms with van der Waals surface area (Å²) < 4.78 is 42.6. The van der Waals surface area contributed by atoms with Crippen LogP contribution in [0.3, 0.4) is 0 Å². The van der Waals surface area contributed by atoms with Crippen molar-refractivity contribution in [1.29, 1.82) is 0 Å². The van der Waals surface area contributed by atoms with Gasteiger partial charge in [0.1, 0.15) is 5.82 Å². The molecule has 0 amide bonds. The van der Waals surface area contributed by atoms with E-state index in [4.69, 9.17) is 0 Å². The summed E-state index contributed by atoms with van der Waals surface area (Å²) in [6.07, 6.45) is 0.958. The smallest absolute Gasteiger partial charge is 0.261 e. The summed E-state index contributed by atoms with van der Waals surface area (Å²) in [5, 5.41) is 0. The zero-order valence-corrected chi connectivity index (χ0v) is 19.3. The number of rotatable bonds is 7. The Labute approximate surface area is 190 Å². The average molecular weight is 453 g/mol. The Morgan fingerprint density at radius 3 is 2.41 bits per heavy atom. The third-order valence-corrected chi connectivity index (χ3v) is 7.47. The van der Waals surface area contributed by atoms with Crippen molar-refractivity contribution in [3.63, 3.8) is 0 Å². The van der Waals surface area contributed by atoms with Crippen LogP contribution in [0.15, 0.2) is 77.7 Å². The van der Waals surface area contributed by atoms with Gasteiger partial charge in [-0.1, -0.05) is 62.4 Å². The van der Waals surface area contributed by atoms with Gasteiger partial charge in [0, 0.05) is 13.1 Å². The second-order valence-corrected chi connectivity index (χ2v) is 10.5. The molecule has 3 aromatic rings. The minimum Gasteiger partial charge on any atom is -0.298 e. The van der Waals surface area contributed by atoms with Gasteiger partial charge in [-0.25, -0.2) is 12.8 Å². The topological polar surface area (TPSA) is 49.4 Å². The highest BCUT2D eigenvalue weighted by Crippen LogP contribution is 2.31. The Morgan fingerprint density at radius 2 is 1.75 bits per heavy atom. The lowest BCUT2D eigenvalue weighted by Crippen LogP contribution is -2.19. The molecule has 32 heavy (non-hydrogen) atoms. The van der Waals surface area contributed by atoms with Crippen molar-refractivity contribution < 1.29 is 12.8 Å². The molecule has 0 radical (unpaired) electrons. The highest BCUT2D eigenvalue weighted by Gasteiger charge is 2.25. The van der Waals surface area contributed by atoms with Gasteiger partial charge in [-0.3, -0.25) is 9.62 Å². The van der Waals surface area contributed by atoms with Crippen LogP contribution in [0.2, 0.25) is 0 Å². The maximum atomic E-state index is 14.8. The van der Waals surface area contributed by atoms with E-state index in [-0.39, 0.29) is 16.5 Å². The number of likely N-dealkylation sites (tertiary alicyclic amines) is 1. The third-order valence-electron chi connectivity index (χ3n) is 6.09. The van der Waals surface area contributed by atoms with E-state index >= 15 is 0 Å². The highest BCUT2D eigenvalue weighted by atomic mass is 32.2. The molecule has 0 aromatic heterocycles. The minimum absolute atomic E-state index is 0.0270. The van der Waals surface area contributed by atoms with Crippen LogP contribution in [0.25, 0.3) is 0 Å². The van der Waals surface area contributed by atoms with Crippen molar-refractivity contribution in [3.8, 4) is 0 Å². The number of nitrogens with zero attached hydrogens (tertiary/aromatic N) is 1. The zero-order valence-electron chi connectivity index (χ0n) is 18.5. The van der Waals surface area contributed by atoms with E-state index in [9.17, 15) is 12.8 Å². The predicted molar refractivity (Wildman–Crippen MR) is 127 cm³/mol. The first-order valence-electron chi connectivity index (χ1n) is 11.0. The molecule has 0 bridgehead atoms. The molecule has 6 heteroatoms. The van der Waals surface area contributed by atoms with Gasteiger partial charge in [0.05, 0.1) is 10.6 Å². The van der Waals surface area contributed by atoms with Crippen molar-refractivity contribution in [1.82, 2.24) is 4.90 Å². The van der Waals surface area contributed by atoms with Gasteiger partial charge in [0.25, 0.3) is 10.0 Å². The van der Waals surface area contributed by atoms with Gasteiger partial charge in [-0.05, 0) is 65.8 Å². The van der Waals surface area contributed by atoms with E-state index in [2.05, 4.69) is 21.8 Å². The molecule has 1 atom stereocenters. The summed E-state index contributed by atoms with van der Waals surface area (Å²) in [5.41, 5.74) is 3.20. The van der Waals surface area contributed by atoms with Gasteiger partial charge in [0.15, 0.2) is 0 Å². The standard InChI is InChI=1S/C26H29FN2O2S/c1-19(2)21-8-11-24(12-9-21)32(30,31)28-26-13-10-22(16-25(26)27)23-14-15-29(18-23)17-20-6-4-3-5-7-20/h3-13,16,19,23,28H,14-15,17-18H2,1-2H3. The first kappa shape index (κ1) is 22.5. The molecule has 0 aliphatic carbocycles. The van der Waals surface area contributed by atoms with E-state index in [1.807, 2.05) is 38.1 Å². The Kier molecular flexibility index (Phi) is 6.63. The third kappa shape index (κ3) is 5.19. The van der Waals surface area contributed by atoms with Gasteiger partial charge in [0.2, 0.25) is 0 Å². The number of hydrogen-bond donors (Lipinski definition) is 1. The molecule has 1 fully saturated rings. The van der Waals surface area contributed by atoms with Crippen LogP contribution in [-0.4, -0.2) is 26.4 Å². The minimum atomic E-state index is -3.85. The first-order valence-corrected chi connectivity index (χ1v) is 12.5. The Hall–Kier alpha value is -2.70. The average Bonchev–Trinajstić information content (AvgIpc) is 3.24. The van der Waals surface area contributed by atoms with E-state index in [1.54, 1.807) is 24.3 Å². The highest BCUT2D eigenvalue weighted by molar-refractivity contribution is 7.92. The van der Waals surface area contributed by atoms with Gasteiger partial charge < -0.3 is 0 Å². The molecule has 0 saturated carbocycles. The fourth-order valence-corrected chi connectivity index (χ4v) is 5.26. The number of nitrogens with one attached hydrogen (secondary N) is 1. The van der Waals surface area contributed by atoms with Crippen molar-refractivity contribution in [2.45, 2.75) is 43.5 Å². The second kappa shape index (κ2) is 9.43. The van der Waals surface area contributed by atoms with Crippen molar-refractivity contribution >= 4 is 15.7 Å². The van der Waals surface area contributed by atoms with Crippen molar-refractivity contribution in [2.75, 3.05) is 17.8 Å². The number of anilines is 1. The quantitative estimate of drug-likeness (QED) is 0.497. The Balaban J connectivity index is 1.43. The molecule has 0 spiro atoms. The molecule has 1 aliphatic rings. The van der Waals surface area contributed by atoms with Crippen LogP contribution < -0.4 is 4.72 Å². The fourth-order valence-electron chi connectivity index (χ4n) is 4.19. The van der Waals surface area contributed by atoms with Crippen LogP contribution in [0.1, 0.15) is 48.8 Å². The predicted octanol–water partition coefficient (Wildman–Crippen LogP) is 5.74. The van der Waals surface area contributed by atoms with Gasteiger partial charge in [-0.15, -0.1) is 0 Å². The fraction of sp³-hybridized carbons (Fsp3) is 0.308. The normalized spacial score (nSPS) is 17.1. The van der Waals surface area contributed by atoms with Gasteiger partial charge >= 0.3 is 0 Å². The molecule has 1 saturated heterocycles. The second-order valence-electron chi connectivity index (χ2n) is 8.77. The number of halogens is 1. The van der Waals surface area contributed by atoms with E-state index < -0.39 is 15.8 Å². The summed E-state index contributed by atoms with van der Waals surface area (Å²) in [7, 11) is -3.85. The van der Waals surface area contributed by atoms with E-state index in [0.717, 1.165) is 37.2 Å². The lowest BCUT2D eigenvalue weighted by molar-refractivity contribution is 0.327. The maximum absolute atomic E-state index is 14.8. The summed E-state index contributed by atoms with van der Waals surface area (Å²) in [4.78, 5) is 2.49. The molecular weight excluding hydrogens is 423 g/mol. The molecule has 3 aromatic carbocycles. The lowest BCUT2D eigenvalue weighted by atomic mass is 9.98. The zero-order chi connectivity index (χ0) is 22.7. The molecule has 4 rings (SSSR count). The largest absolute Gasteiger partial charge is 0.298 e. The monoisotopic (exact) mass is 452 g/mol.